The van der Waals surface area contributed by atoms with E-state index in [0.29, 0.717) is 42.2 Å². The van der Waals surface area contributed by atoms with E-state index in [1.54, 1.807) is 18.2 Å². The highest BCUT2D eigenvalue weighted by molar-refractivity contribution is 6.30. The summed E-state index contributed by atoms with van der Waals surface area (Å²) in [5.41, 5.74) is 1.12. The van der Waals surface area contributed by atoms with Gasteiger partial charge in [0.05, 0.1) is 17.8 Å². The maximum absolute atomic E-state index is 12.3. The molecule has 7 heteroatoms. The Kier molecular flexibility index (Phi) is 4.96. The monoisotopic (exact) mass is 317 g/mol. The lowest BCUT2D eigenvalue weighted by Gasteiger charge is -2.33. The van der Waals surface area contributed by atoms with Gasteiger partial charge in [0.2, 0.25) is 0 Å². The van der Waals surface area contributed by atoms with Crippen molar-refractivity contribution in [2.75, 3.05) is 25.0 Å². The number of anilines is 1. The van der Waals surface area contributed by atoms with Crippen molar-refractivity contribution in [2.45, 2.75) is 25.1 Å². The molecule has 0 unspecified atom stereocenters. The molecule has 0 bridgehead atoms. The Bertz CT molecular complexity index is 531. The van der Waals surface area contributed by atoms with E-state index in [0.717, 1.165) is 0 Å². The third-order valence-electron chi connectivity index (χ3n) is 3.45. The van der Waals surface area contributed by atoms with Crippen LogP contribution in [0.1, 0.15) is 18.4 Å². The van der Waals surface area contributed by atoms with Crippen molar-refractivity contribution in [3.63, 3.8) is 0 Å². The van der Waals surface area contributed by atoms with Crippen LogP contribution in [0.25, 0.3) is 0 Å². The summed E-state index contributed by atoms with van der Waals surface area (Å²) in [7, 11) is 0. The van der Waals surface area contributed by atoms with E-state index in [2.05, 4.69) is 11.4 Å². The molecule has 1 N–H and O–H groups in total. The molecule has 2 rings (SSSR count). The summed E-state index contributed by atoms with van der Waals surface area (Å²) in [4.78, 5) is 1.40. The second-order valence-electron chi connectivity index (χ2n) is 5.11. The summed E-state index contributed by atoms with van der Waals surface area (Å²) in [5.74, 6) is 0. The molecule has 0 amide bonds. The van der Waals surface area contributed by atoms with Crippen LogP contribution in [0.5, 0.6) is 0 Å². The van der Waals surface area contributed by atoms with Gasteiger partial charge in [-0.1, -0.05) is 11.6 Å². The molecule has 1 aliphatic rings. The normalized spacial score (nSPS) is 17.5. The van der Waals surface area contributed by atoms with Gasteiger partial charge in [-0.05, 0) is 31.0 Å². The van der Waals surface area contributed by atoms with Crippen molar-refractivity contribution in [2.24, 2.45) is 0 Å². The Morgan fingerprint density at radius 1 is 1.33 bits per heavy atom. The van der Waals surface area contributed by atoms with Crippen LogP contribution in [0, 0.1) is 11.3 Å². The first-order chi connectivity index (χ1) is 9.87. The van der Waals surface area contributed by atoms with Gasteiger partial charge in [0.25, 0.3) is 0 Å². The largest absolute Gasteiger partial charge is 0.401 e. The molecule has 1 saturated heterocycles. The van der Waals surface area contributed by atoms with Crippen molar-refractivity contribution in [3.05, 3.63) is 28.8 Å². The number of likely N-dealkylation sites (tertiary alicyclic amines) is 1. The zero-order chi connectivity index (χ0) is 15.5. The number of alkyl halides is 3. The summed E-state index contributed by atoms with van der Waals surface area (Å²) in [5, 5.41) is 12.8. The van der Waals surface area contributed by atoms with E-state index >= 15 is 0 Å². The molecule has 0 saturated carbocycles. The molecular weight excluding hydrogens is 303 g/mol. The summed E-state index contributed by atoms with van der Waals surface area (Å²) < 4.78 is 37.0. The maximum Gasteiger partial charge on any atom is 0.401 e. The Hall–Kier alpha value is -1.45. The molecule has 0 atom stereocenters. The van der Waals surface area contributed by atoms with E-state index < -0.39 is 12.7 Å². The van der Waals surface area contributed by atoms with Gasteiger partial charge in [0, 0.05) is 24.2 Å². The summed E-state index contributed by atoms with van der Waals surface area (Å²) in [6.07, 6.45) is -2.94. The van der Waals surface area contributed by atoms with E-state index in [-0.39, 0.29) is 6.04 Å². The lowest BCUT2D eigenvalue weighted by Crippen LogP contribution is -2.43. The fourth-order valence-electron chi connectivity index (χ4n) is 2.44. The first-order valence-electron chi connectivity index (χ1n) is 6.62. The van der Waals surface area contributed by atoms with Gasteiger partial charge in [-0.25, -0.2) is 0 Å². The number of hydrogen-bond donors (Lipinski definition) is 1. The van der Waals surface area contributed by atoms with E-state index in [1.165, 1.54) is 4.90 Å². The first kappa shape index (κ1) is 15.9. The highest BCUT2D eigenvalue weighted by atomic mass is 35.5. The zero-order valence-corrected chi connectivity index (χ0v) is 12.0. The van der Waals surface area contributed by atoms with E-state index in [9.17, 15) is 13.2 Å². The van der Waals surface area contributed by atoms with Crippen LogP contribution < -0.4 is 5.32 Å². The van der Waals surface area contributed by atoms with Gasteiger partial charge in [0.15, 0.2) is 0 Å². The van der Waals surface area contributed by atoms with Gasteiger partial charge in [-0.15, -0.1) is 0 Å². The molecule has 3 nitrogen and oxygen atoms in total. The second kappa shape index (κ2) is 6.54. The number of benzene rings is 1. The standard InChI is InChI=1S/C14H15ClF3N3/c15-11-2-1-10(8-19)13(7-11)20-12-3-5-21(6-4-12)9-14(16,17)18/h1-2,7,12,20H,3-6,9H2. The van der Waals surface area contributed by atoms with Gasteiger partial charge >= 0.3 is 6.18 Å². The minimum atomic E-state index is -4.15. The Morgan fingerprint density at radius 3 is 2.57 bits per heavy atom. The predicted molar refractivity (Wildman–Crippen MR) is 75.3 cm³/mol. The van der Waals surface area contributed by atoms with Crippen LogP contribution in [0.4, 0.5) is 18.9 Å². The van der Waals surface area contributed by atoms with Crippen LogP contribution in [0.2, 0.25) is 5.02 Å². The quantitative estimate of drug-likeness (QED) is 0.925. The van der Waals surface area contributed by atoms with Crippen molar-refractivity contribution in [3.8, 4) is 6.07 Å². The molecule has 0 aromatic heterocycles. The number of nitrogens with one attached hydrogen (secondary N) is 1. The number of piperidine rings is 1. The zero-order valence-electron chi connectivity index (χ0n) is 11.3. The Labute approximate surface area is 126 Å². The lowest BCUT2D eigenvalue weighted by atomic mass is 10.0. The Balaban J connectivity index is 1.92. The highest BCUT2D eigenvalue weighted by Gasteiger charge is 2.32. The smallest absolute Gasteiger partial charge is 0.381 e. The van der Waals surface area contributed by atoms with Crippen LogP contribution in [0.3, 0.4) is 0 Å². The number of rotatable bonds is 3. The number of halogens is 4. The van der Waals surface area contributed by atoms with E-state index in [1.807, 2.05) is 0 Å². The molecule has 114 valence electrons. The molecule has 1 aromatic carbocycles. The number of hydrogen-bond acceptors (Lipinski definition) is 3. The van der Waals surface area contributed by atoms with Crippen molar-refractivity contribution in [1.82, 2.24) is 4.90 Å². The Morgan fingerprint density at radius 2 is 2.00 bits per heavy atom. The van der Waals surface area contributed by atoms with Gasteiger partial charge < -0.3 is 5.32 Å². The van der Waals surface area contributed by atoms with Crippen LogP contribution in [-0.2, 0) is 0 Å². The van der Waals surface area contributed by atoms with Gasteiger partial charge in [-0.3, -0.25) is 4.90 Å². The van der Waals surface area contributed by atoms with E-state index in [4.69, 9.17) is 16.9 Å². The third-order valence-corrected chi connectivity index (χ3v) is 3.69. The summed E-state index contributed by atoms with van der Waals surface area (Å²) in [6.45, 7) is -0.0837. The predicted octanol–water partition coefficient (Wildman–Crippen LogP) is 3.65. The molecular formula is C14H15ClF3N3. The molecule has 1 fully saturated rings. The fourth-order valence-corrected chi connectivity index (χ4v) is 2.61. The molecule has 0 radical (unpaired) electrons. The first-order valence-corrected chi connectivity index (χ1v) is 7.00. The van der Waals surface area contributed by atoms with Crippen LogP contribution in [-0.4, -0.2) is 36.8 Å². The third kappa shape index (κ3) is 4.80. The minimum absolute atomic E-state index is 0.0556. The van der Waals surface area contributed by atoms with Gasteiger partial charge in [0.1, 0.15) is 6.07 Å². The molecule has 1 aromatic rings. The minimum Gasteiger partial charge on any atom is -0.381 e. The fraction of sp³-hybridized carbons (Fsp3) is 0.500. The van der Waals surface area contributed by atoms with Crippen molar-refractivity contribution < 1.29 is 13.2 Å². The second-order valence-corrected chi connectivity index (χ2v) is 5.55. The lowest BCUT2D eigenvalue weighted by molar-refractivity contribution is -0.147. The molecule has 0 spiro atoms. The van der Waals surface area contributed by atoms with Gasteiger partial charge in [-0.2, -0.15) is 18.4 Å². The summed E-state index contributed by atoms with van der Waals surface area (Å²) in [6, 6.07) is 7.06. The summed E-state index contributed by atoms with van der Waals surface area (Å²) >= 11 is 5.90. The average Bonchev–Trinajstić information content (AvgIpc) is 2.40. The topological polar surface area (TPSA) is 39.1 Å². The molecule has 21 heavy (non-hydrogen) atoms. The molecule has 0 aliphatic carbocycles. The average molecular weight is 318 g/mol. The van der Waals surface area contributed by atoms with Crippen LogP contribution in [0.15, 0.2) is 18.2 Å². The number of nitriles is 1. The molecule has 1 aliphatic heterocycles. The van der Waals surface area contributed by atoms with Crippen molar-refractivity contribution >= 4 is 17.3 Å². The van der Waals surface area contributed by atoms with Crippen molar-refractivity contribution in [1.29, 1.82) is 5.26 Å². The van der Waals surface area contributed by atoms with Crippen LogP contribution >= 0.6 is 11.6 Å². The number of nitrogens with zero attached hydrogens (tertiary/aromatic N) is 2. The maximum atomic E-state index is 12.3. The highest BCUT2D eigenvalue weighted by Crippen LogP contribution is 2.25. The SMILES string of the molecule is N#Cc1ccc(Cl)cc1NC1CCN(CC(F)(F)F)CC1. The molecule has 1 heterocycles.